The fourth-order valence-electron chi connectivity index (χ4n) is 1.74. The summed E-state index contributed by atoms with van der Waals surface area (Å²) in [5.41, 5.74) is 1.49. The maximum atomic E-state index is 2.31. The van der Waals surface area contributed by atoms with Gasteiger partial charge in [-0.2, -0.15) is 6.07 Å². The molecule has 0 unspecified atom stereocenters. The van der Waals surface area contributed by atoms with Crippen LogP contribution >= 0.6 is 0 Å². The van der Waals surface area contributed by atoms with E-state index in [1.807, 2.05) is 0 Å². The van der Waals surface area contributed by atoms with Crippen LogP contribution in [0.5, 0.6) is 0 Å². The molecular weight excluding hydrogens is 501 g/mol. The number of benzene rings is 1. The number of fused-ring (bicyclic) bond motifs is 1. The van der Waals surface area contributed by atoms with Crippen molar-refractivity contribution in [3.8, 4) is 0 Å². The molecule has 0 aliphatic carbocycles. The van der Waals surface area contributed by atoms with Crippen molar-refractivity contribution in [2.45, 2.75) is 26.2 Å². The minimum atomic E-state index is 0. The van der Waals surface area contributed by atoms with E-state index in [2.05, 4.69) is 43.3 Å². The van der Waals surface area contributed by atoms with Crippen molar-refractivity contribution in [2.24, 2.45) is 0 Å². The minimum Gasteiger partial charge on any atom is -1.00 e. The van der Waals surface area contributed by atoms with Crippen LogP contribution in [0.25, 0.3) is 10.8 Å². The Morgan fingerprint density at radius 1 is 1.12 bits per heavy atom. The van der Waals surface area contributed by atoms with E-state index in [4.69, 9.17) is 0 Å². The van der Waals surface area contributed by atoms with E-state index in [1.165, 1.54) is 35.6 Å². The normalized spacial score (nSPS) is 8.81. The molecule has 1 radical (unpaired) electrons. The van der Waals surface area contributed by atoms with E-state index in [-0.39, 0.29) is 74.2 Å². The van der Waals surface area contributed by atoms with Gasteiger partial charge < -0.3 is 48.0 Å². The summed E-state index contributed by atoms with van der Waals surface area (Å²) in [4.78, 5) is 0. The van der Waals surface area contributed by atoms with Gasteiger partial charge in [0.2, 0.25) is 0 Å². The van der Waals surface area contributed by atoms with Crippen LogP contribution in [0.2, 0.25) is 0 Å². The molecule has 0 saturated heterocycles. The zero-order chi connectivity index (χ0) is 9.10. The van der Waals surface area contributed by atoms with Crippen LogP contribution in [0, 0.1) is 0 Å². The molecule has 0 amide bonds. The number of unbranched alkanes of at least 4 members (excludes halogenated alkanes) is 1. The SMILES string of the molecule is CCCCc1cc2ccccc2[cH-]1.[I-].[I-].[Zr+3]. The van der Waals surface area contributed by atoms with Gasteiger partial charge in [-0.15, -0.1) is 40.6 Å². The first-order chi connectivity index (χ1) is 6.40. The van der Waals surface area contributed by atoms with Crippen LogP contribution in [0.15, 0.2) is 36.4 Å². The van der Waals surface area contributed by atoms with Crippen LogP contribution in [-0.4, -0.2) is 0 Å². The summed E-state index contributed by atoms with van der Waals surface area (Å²) in [6, 6.07) is 13.2. The summed E-state index contributed by atoms with van der Waals surface area (Å²) >= 11 is 0. The number of hydrogen-bond acceptors (Lipinski definition) is 0. The standard InChI is InChI=1S/C13H15.2HI.Zr/c1-2-3-6-11-9-12-7-4-5-8-13(12)10-11;;;/h4-5,7-10H,2-3,6H2,1H3;2*1H;/q-1;;;+3/p-2. The van der Waals surface area contributed by atoms with E-state index >= 15 is 0 Å². The van der Waals surface area contributed by atoms with E-state index < -0.39 is 0 Å². The van der Waals surface area contributed by atoms with Crippen molar-refractivity contribution in [1.82, 2.24) is 0 Å². The van der Waals surface area contributed by atoms with Crippen LogP contribution in [0.3, 0.4) is 0 Å². The van der Waals surface area contributed by atoms with Gasteiger partial charge in [0.15, 0.2) is 0 Å². The second-order valence-electron chi connectivity index (χ2n) is 3.60. The quantitative estimate of drug-likeness (QED) is 0.325. The van der Waals surface area contributed by atoms with Crippen molar-refractivity contribution in [3.63, 3.8) is 0 Å². The monoisotopic (exact) mass is 515 g/mol. The molecule has 0 N–H and O–H groups in total. The van der Waals surface area contributed by atoms with Crippen molar-refractivity contribution >= 4 is 10.8 Å². The summed E-state index contributed by atoms with van der Waals surface area (Å²) in [5.74, 6) is 0. The summed E-state index contributed by atoms with van der Waals surface area (Å²) in [6.07, 6.45) is 3.81. The van der Waals surface area contributed by atoms with E-state index in [1.54, 1.807) is 0 Å². The smallest absolute Gasteiger partial charge is 1.00 e. The first-order valence-electron chi connectivity index (χ1n) is 5.04. The van der Waals surface area contributed by atoms with Gasteiger partial charge in [0.25, 0.3) is 0 Å². The first kappa shape index (κ1) is 19.5. The Kier molecular flexibility index (Phi) is 12.4. The van der Waals surface area contributed by atoms with E-state index in [0.29, 0.717) is 0 Å². The fourth-order valence-corrected chi connectivity index (χ4v) is 1.74. The molecule has 0 spiro atoms. The van der Waals surface area contributed by atoms with E-state index in [9.17, 15) is 0 Å². The molecule has 2 rings (SSSR count). The summed E-state index contributed by atoms with van der Waals surface area (Å²) in [7, 11) is 0. The molecule has 0 fully saturated rings. The molecule has 2 aromatic carbocycles. The molecular formula is C13H15I2Zr. The van der Waals surface area contributed by atoms with Gasteiger partial charge in [-0.25, -0.2) is 0 Å². The number of rotatable bonds is 3. The van der Waals surface area contributed by atoms with Crippen LogP contribution in [0.4, 0.5) is 0 Å². The zero-order valence-electron chi connectivity index (χ0n) is 9.34. The maximum absolute atomic E-state index is 2.31. The van der Waals surface area contributed by atoms with Crippen LogP contribution in [0.1, 0.15) is 25.3 Å². The molecule has 0 aromatic heterocycles. The second kappa shape index (κ2) is 10.1. The Balaban J connectivity index is 0. The van der Waals surface area contributed by atoms with Crippen molar-refractivity contribution in [3.05, 3.63) is 42.0 Å². The average Bonchev–Trinajstić information content (AvgIpc) is 2.57. The van der Waals surface area contributed by atoms with Gasteiger partial charge in [0, 0.05) is 0 Å². The Morgan fingerprint density at radius 2 is 1.81 bits per heavy atom. The third-order valence-corrected chi connectivity index (χ3v) is 2.50. The largest absolute Gasteiger partial charge is 3.00 e. The van der Waals surface area contributed by atoms with Gasteiger partial charge in [0.05, 0.1) is 0 Å². The molecule has 2 aromatic rings. The van der Waals surface area contributed by atoms with Crippen LogP contribution in [-0.2, 0) is 32.6 Å². The molecule has 16 heavy (non-hydrogen) atoms. The number of halogens is 2. The second-order valence-corrected chi connectivity index (χ2v) is 3.60. The third-order valence-electron chi connectivity index (χ3n) is 2.50. The molecule has 0 bridgehead atoms. The Hall–Kier alpha value is 1.17. The maximum Gasteiger partial charge on any atom is 3.00 e. The Morgan fingerprint density at radius 3 is 2.44 bits per heavy atom. The summed E-state index contributed by atoms with van der Waals surface area (Å²) in [6.45, 7) is 2.24. The Labute approximate surface area is 151 Å². The molecule has 0 atom stereocenters. The minimum absolute atomic E-state index is 0. The Bertz CT molecular complexity index is 362. The van der Waals surface area contributed by atoms with E-state index in [0.717, 1.165) is 0 Å². The van der Waals surface area contributed by atoms with Crippen molar-refractivity contribution in [1.29, 1.82) is 0 Å². The molecule has 85 valence electrons. The molecule has 0 aliphatic rings. The fraction of sp³-hybridized carbons (Fsp3) is 0.308. The predicted octanol–water partition coefficient (Wildman–Crippen LogP) is -2.09. The molecule has 0 aliphatic heterocycles. The summed E-state index contributed by atoms with van der Waals surface area (Å²) in [5, 5.41) is 2.77. The average molecular weight is 516 g/mol. The van der Waals surface area contributed by atoms with Gasteiger partial charge in [-0.05, 0) is 6.42 Å². The van der Waals surface area contributed by atoms with Crippen LogP contribution < -0.4 is 48.0 Å². The molecule has 0 saturated carbocycles. The number of hydrogen-bond donors (Lipinski definition) is 0. The molecule has 0 heterocycles. The van der Waals surface area contributed by atoms with Gasteiger partial charge >= 0.3 is 26.2 Å². The predicted molar refractivity (Wildman–Crippen MR) is 58.2 cm³/mol. The van der Waals surface area contributed by atoms with Gasteiger partial charge in [-0.1, -0.05) is 25.8 Å². The van der Waals surface area contributed by atoms with Gasteiger partial charge in [-0.3, -0.25) is 0 Å². The molecule has 3 heteroatoms. The third kappa shape index (κ3) is 5.22. The number of aryl methyl sites for hydroxylation is 1. The first-order valence-corrected chi connectivity index (χ1v) is 5.04. The van der Waals surface area contributed by atoms with Crippen molar-refractivity contribution in [2.75, 3.05) is 0 Å². The van der Waals surface area contributed by atoms with Crippen molar-refractivity contribution < 1.29 is 74.2 Å². The summed E-state index contributed by atoms with van der Waals surface area (Å²) < 4.78 is 0. The topological polar surface area (TPSA) is 0 Å². The zero-order valence-corrected chi connectivity index (χ0v) is 16.1. The molecule has 0 nitrogen and oxygen atoms in total. The van der Waals surface area contributed by atoms with Gasteiger partial charge in [0.1, 0.15) is 0 Å².